The minimum Gasteiger partial charge on any atom is -0.362 e. The smallest absolute Gasteiger partial charge is 0.0540 e. The van der Waals surface area contributed by atoms with Gasteiger partial charge in [0.05, 0.1) is 5.69 Å². The van der Waals surface area contributed by atoms with Crippen LogP contribution in [0.1, 0.15) is 38.3 Å². The summed E-state index contributed by atoms with van der Waals surface area (Å²) in [6, 6.07) is 33.0. The number of hydrogen-bond acceptors (Lipinski definition) is 2. The van der Waals surface area contributed by atoms with Gasteiger partial charge in [0, 0.05) is 28.0 Å². The number of nitrogens with one attached hydrogen (secondary N) is 1. The number of nitrogens with zero attached hydrogens (tertiary/aromatic N) is 1. The van der Waals surface area contributed by atoms with Crippen molar-refractivity contribution < 1.29 is 0 Å². The molecule has 0 heterocycles. The average molecular weight is 561 g/mol. The molecule has 5 aromatic carbocycles. The van der Waals surface area contributed by atoms with Gasteiger partial charge in [0.1, 0.15) is 0 Å². The molecule has 1 aliphatic carbocycles. The van der Waals surface area contributed by atoms with Gasteiger partial charge in [0.15, 0.2) is 0 Å². The van der Waals surface area contributed by atoms with Crippen LogP contribution in [-0.2, 0) is 0 Å². The maximum absolute atomic E-state index is 3.92. The van der Waals surface area contributed by atoms with Gasteiger partial charge in [-0.2, -0.15) is 0 Å². The molecule has 1 aliphatic rings. The number of para-hydroxylation sites is 1. The van der Waals surface area contributed by atoms with Crippen LogP contribution in [0.4, 0.5) is 17.1 Å². The molecule has 1 N–H and O–H groups in total. The summed E-state index contributed by atoms with van der Waals surface area (Å²) in [6.45, 7) is 15.9. The van der Waals surface area contributed by atoms with E-state index >= 15 is 0 Å². The summed E-state index contributed by atoms with van der Waals surface area (Å²) >= 11 is 0. The SMILES string of the molecule is C=C/C=C(C)/C=C\C.C=CNC1=CCC(C)=c2ccc3c(N(c4ccccc4)c4cccc(C)c4)ccc4ccc1c2c43. The Hall–Kier alpha value is -5.08. The van der Waals surface area contributed by atoms with E-state index < -0.39 is 0 Å². The van der Waals surface area contributed by atoms with Crippen LogP contribution in [0, 0.1) is 6.92 Å². The zero-order valence-electron chi connectivity index (χ0n) is 25.7. The van der Waals surface area contributed by atoms with E-state index in [4.69, 9.17) is 0 Å². The molecule has 0 saturated carbocycles. The average Bonchev–Trinajstić information content (AvgIpc) is 3.15. The molecule has 0 radical (unpaired) electrons. The molecule has 0 saturated heterocycles. The number of aryl methyl sites for hydroxylation is 1. The van der Waals surface area contributed by atoms with Crippen LogP contribution in [0.15, 0.2) is 146 Å². The van der Waals surface area contributed by atoms with Crippen molar-refractivity contribution in [3.8, 4) is 0 Å². The summed E-state index contributed by atoms with van der Waals surface area (Å²) in [7, 11) is 0. The Morgan fingerprint density at radius 2 is 1.60 bits per heavy atom. The quantitative estimate of drug-likeness (QED) is 0.199. The van der Waals surface area contributed by atoms with E-state index in [9.17, 15) is 0 Å². The van der Waals surface area contributed by atoms with E-state index in [2.05, 4.69) is 134 Å². The maximum Gasteiger partial charge on any atom is 0.0540 e. The van der Waals surface area contributed by atoms with E-state index in [1.165, 1.54) is 54.7 Å². The highest BCUT2D eigenvalue weighted by molar-refractivity contribution is 6.18. The van der Waals surface area contributed by atoms with E-state index in [0.717, 1.165) is 23.5 Å². The van der Waals surface area contributed by atoms with Crippen LogP contribution in [-0.4, -0.2) is 0 Å². The Morgan fingerprint density at radius 1 is 0.837 bits per heavy atom. The summed E-state index contributed by atoms with van der Waals surface area (Å²) in [5, 5.41) is 9.85. The minimum atomic E-state index is 0.917. The zero-order chi connectivity index (χ0) is 30.3. The lowest BCUT2D eigenvalue weighted by atomic mass is 9.92. The molecule has 0 aliphatic heterocycles. The molecule has 0 fully saturated rings. The van der Waals surface area contributed by atoms with Crippen LogP contribution in [0.5, 0.6) is 0 Å². The molecule has 214 valence electrons. The van der Waals surface area contributed by atoms with Crippen molar-refractivity contribution in [3.05, 3.63) is 163 Å². The van der Waals surface area contributed by atoms with Gasteiger partial charge in [0.25, 0.3) is 0 Å². The van der Waals surface area contributed by atoms with Gasteiger partial charge in [-0.25, -0.2) is 0 Å². The van der Waals surface area contributed by atoms with E-state index in [1.54, 1.807) is 12.3 Å². The molecule has 0 amide bonds. The van der Waals surface area contributed by atoms with Gasteiger partial charge in [-0.3, -0.25) is 0 Å². The molecule has 0 spiro atoms. The molecule has 2 heteroatoms. The van der Waals surface area contributed by atoms with E-state index in [-0.39, 0.29) is 0 Å². The number of rotatable bonds is 7. The fraction of sp³-hybridized carbons (Fsp3) is 0.122. The van der Waals surface area contributed by atoms with Crippen LogP contribution in [0.3, 0.4) is 0 Å². The van der Waals surface area contributed by atoms with Gasteiger partial charge in [-0.15, -0.1) is 0 Å². The maximum atomic E-state index is 3.92. The van der Waals surface area contributed by atoms with Gasteiger partial charge >= 0.3 is 0 Å². The molecule has 0 aromatic heterocycles. The molecular weight excluding hydrogens is 520 g/mol. The molecule has 0 bridgehead atoms. The summed E-state index contributed by atoms with van der Waals surface area (Å²) in [5.74, 6) is 0. The molecule has 43 heavy (non-hydrogen) atoms. The predicted molar refractivity (Wildman–Crippen MR) is 190 cm³/mol. The predicted octanol–water partition coefficient (Wildman–Crippen LogP) is 10.8. The zero-order valence-corrected chi connectivity index (χ0v) is 25.7. The molecule has 6 rings (SSSR count). The van der Waals surface area contributed by atoms with Gasteiger partial charge in [-0.1, -0.05) is 115 Å². The molecular formula is C41H40N2. The van der Waals surface area contributed by atoms with Crippen LogP contribution >= 0.6 is 0 Å². The van der Waals surface area contributed by atoms with Crippen LogP contribution < -0.4 is 15.4 Å². The molecule has 5 aromatic rings. The lowest BCUT2D eigenvalue weighted by Crippen LogP contribution is -2.13. The monoisotopic (exact) mass is 560 g/mol. The normalized spacial score (nSPS) is 12.9. The second-order valence-corrected chi connectivity index (χ2v) is 10.9. The van der Waals surface area contributed by atoms with Gasteiger partial charge in [0.2, 0.25) is 0 Å². The highest BCUT2D eigenvalue weighted by Crippen LogP contribution is 2.42. The fourth-order valence-corrected chi connectivity index (χ4v) is 5.91. The Morgan fingerprint density at radius 3 is 2.33 bits per heavy atom. The van der Waals surface area contributed by atoms with Crippen molar-refractivity contribution in [3.63, 3.8) is 0 Å². The summed E-state index contributed by atoms with van der Waals surface area (Å²) in [6.07, 6.45) is 12.8. The number of anilines is 3. The van der Waals surface area contributed by atoms with Crippen molar-refractivity contribution in [2.75, 3.05) is 4.90 Å². The number of hydrogen-bond donors (Lipinski definition) is 1. The fourth-order valence-electron chi connectivity index (χ4n) is 5.91. The summed E-state index contributed by atoms with van der Waals surface area (Å²) in [4.78, 5) is 2.38. The first kappa shape index (κ1) is 29.4. The third kappa shape index (κ3) is 6.10. The highest BCUT2D eigenvalue weighted by atomic mass is 15.1. The van der Waals surface area contributed by atoms with E-state index in [0.29, 0.717) is 0 Å². The Labute approximate surface area is 256 Å². The van der Waals surface area contributed by atoms with Gasteiger partial charge < -0.3 is 10.2 Å². The Bertz CT molecular complexity index is 1940. The van der Waals surface area contributed by atoms with Crippen molar-refractivity contribution in [2.45, 2.75) is 34.1 Å². The molecule has 0 unspecified atom stereocenters. The van der Waals surface area contributed by atoms with Crippen molar-refractivity contribution >= 4 is 49.9 Å². The second-order valence-electron chi connectivity index (χ2n) is 10.9. The number of allylic oxidation sites excluding steroid dienone is 6. The largest absolute Gasteiger partial charge is 0.362 e. The first-order chi connectivity index (χ1) is 21.0. The standard InChI is InChI=1S/C33H28N2.C8H12/c1-4-34-30-19-13-23(3)27-17-18-29-31(20-15-24-14-16-28(30)33(27)32(24)29)35(25-10-6-5-7-11-25)26-12-8-9-22(2)21-26;1-4-6-8(3)7-5-2/h4-12,14-21,34H,1,13H2,2-3H3;4-7H,1H2,2-3H3/b;7-5-,8-6+. The molecule has 0 atom stereocenters. The highest BCUT2D eigenvalue weighted by Gasteiger charge is 2.20. The minimum absolute atomic E-state index is 0.917. The third-order valence-corrected chi connectivity index (χ3v) is 7.83. The van der Waals surface area contributed by atoms with Gasteiger partial charge in [-0.05, 0) is 97.6 Å². The summed E-state index contributed by atoms with van der Waals surface area (Å²) < 4.78 is 0. The number of benzene rings is 5. The Balaban J connectivity index is 0.000000407. The summed E-state index contributed by atoms with van der Waals surface area (Å²) in [5.41, 5.74) is 9.71. The van der Waals surface area contributed by atoms with Crippen molar-refractivity contribution in [2.24, 2.45) is 0 Å². The first-order valence-corrected chi connectivity index (χ1v) is 14.9. The topological polar surface area (TPSA) is 15.3 Å². The first-order valence-electron chi connectivity index (χ1n) is 14.9. The third-order valence-electron chi connectivity index (χ3n) is 7.83. The molecule has 2 nitrogen and oxygen atoms in total. The van der Waals surface area contributed by atoms with Crippen LogP contribution in [0.25, 0.3) is 32.8 Å². The van der Waals surface area contributed by atoms with E-state index in [1.807, 2.05) is 32.1 Å². The van der Waals surface area contributed by atoms with Crippen LogP contribution in [0.2, 0.25) is 0 Å². The van der Waals surface area contributed by atoms with Crippen molar-refractivity contribution in [1.82, 2.24) is 5.32 Å². The lowest BCUT2D eigenvalue weighted by Gasteiger charge is -2.28. The lowest BCUT2D eigenvalue weighted by molar-refractivity contribution is 1.21. The second kappa shape index (κ2) is 13.3. The van der Waals surface area contributed by atoms with Crippen molar-refractivity contribution in [1.29, 1.82) is 0 Å². The Kier molecular flexibility index (Phi) is 9.08.